The Hall–Kier alpha value is -2.33. The van der Waals surface area contributed by atoms with Crippen LogP contribution >= 0.6 is 11.8 Å². The van der Waals surface area contributed by atoms with E-state index >= 15 is 0 Å². The zero-order valence-electron chi connectivity index (χ0n) is 15.9. The largest absolute Gasteiger partial charge is 0.439 e. The van der Waals surface area contributed by atoms with Gasteiger partial charge in [0.1, 0.15) is 5.75 Å². The first-order valence-electron chi connectivity index (χ1n) is 9.50. The van der Waals surface area contributed by atoms with Crippen LogP contribution in [-0.4, -0.2) is 9.97 Å². The summed E-state index contributed by atoms with van der Waals surface area (Å²) in [4.78, 5) is 9.60. The van der Waals surface area contributed by atoms with Gasteiger partial charge in [0.05, 0.1) is 5.69 Å². The summed E-state index contributed by atoms with van der Waals surface area (Å²) in [7, 11) is 0. The number of hydrogen-bond acceptors (Lipinski definition) is 4. The first-order valence-corrected chi connectivity index (χ1v) is 10.5. The summed E-state index contributed by atoms with van der Waals surface area (Å²) < 4.78 is 6.18. The number of aryl methyl sites for hydroxylation is 3. The zero-order valence-corrected chi connectivity index (χ0v) is 16.7. The van der Waals surface area contributed by atoms with Gasteiger partial charge in [0, 0.05) is 11.3 Å². The maximum absolute atomic E-state index is 6.18. The molecule has 27 heavy (non-hydrogen) atoms. The fourth-order valence-electron chi connectivity index (χ4n) is 3.24. The Morgan fingerprint density at radius 2 is 1.52 bits per heavy atom. The summed E-state index contributed by atoms with van der Waals surface area (Å²) in [6.07, 6.45) is 4.38. The van der Waals surface area contributed by atoms with Crippen molar-refractivity contribution in [1.82, 2.24) is 9.97 Å². The van der Waals surface area contributed by atoms with Crippen LogP contribution < -0.4 is 4.74 Å². The number of fused-ring (bicyclic) bond motifs is 1. The topological polar surface area (TPSA) is 35.0 Å². The molecule has 0 saturated heterocycles. The summed E-state index contributed by atoms with van der Waals surface area (Å²) in [5.74, 6) is 2.43. The van der Waals surface area contributed by atoms with E-state index < -0.39 is 0 Å². The lowest BCUT2D eigenvalue weighted by Gasteiger charge is -2.19. The van der Waals surface area contributed by atoms with Crippen molar-refractivity contribution >= 4 is 11.8 Å². The molecule has 1 aromatic heterocycles. The molecule has 0 spiro atoms. The molecule has 0 N–H and O–H groups in total. The normalized spacial score (nSPS) is 13.3. The van der Waals surface area contributed by atoms with Crippen LogP contribution in [0.25, 0.3) is 0 Å². The highest BCUT2D eigenvalue weighted by atomic mass is 32.2. The van der Waals surface area contributed by atoms with Gasteiger partial charge in [-0.2, -0.15) is 4.98 Å². The van der Waals surface area contributed by atoms with Gasteiger partial charge in [0.15, 0.2) is 5.16 Å². The quantitative estimate of drug-likeness (QED) is 0.401. The van der Waals surface area contributed by atoms with E-state index in [4.69, 9.17) is 14.7 Å². The summed E-state index contributed by atoms with van der Waals surface area (Å²) in [6, 6.07) is 16.8. The lowest BCUT2D eigenvalue weighted by Crippen LogP contribution is -2.10. The van der Waals surface area contributed by atoms with Crippen molar-refractivity contribution in [3.63, 3.8) is 0 Å². The first-order chi connectivity index (χ1) is 13.2. The van der Waals surface area contributed by atoms with E-state index in [1.54, 1.807) is 11.8 Å². The molecular weight excluding hydrogens is 352 g/mol. The molecule has 138 valence electrons. The summed E-state index contributed by atoms with van der Waals surface area (Å²) in [5.41, 5.74) is 6.13. The maximum Gasteiger partial charge on any atom is 0.226 e. The standard InChI is InChI=1S/C23H24N2OS/c1-16-7-11-18(12-8-16)15-27-23-24-21-6-4-3-5-20(21)22(25-23)26-19-13-9-17(2)10-14-19/h7-14H,3-6,15H2,1-2H3. The van der Waals surface area contributed by atoms with Gasteiger partial charge in [-0.15, -0.1) is 0 Å². The van der Waals surface area contributed by atoms with E-state index in [1.807, 2.05) is 12.1 Å². The van der Waals surface area contributed by atoms with Crippen LogP contribution in [0.15, 0.2) is 53.7 Å². The lowest BCUT2D eigenvalue weighted by atomic mass is 9.97. The molecule has 2 aromatic carbocycles. The van der Waals surface area contributed by atoms with Gasteiger partial charge in [-0.05, 0) is 57.2 Å². The highest BCUT2D eigenvalue weighted by Crippen LogP contribution is 2.33. The van der Waals surface area contributed by atoms with Gasteiger partial charge < -0.3 is 4.74 Å². The Morgan fingerprint density at radius 1 is 0.852 bits per heavy atom. The van der Waals surface area contributed by atoms with Gasteiger partial charge in [0.2, 0.25) is 5.88 Å². The Morgan fingerprint density at radius 3 is 2.26 bits per heavy atom. The Balaban J connectivity index is 1.58. The number of thioether (sulfide) groups is 1. The molecule has 4 heteroatoms. The predicted octanol–water partition coefficient (Wildman–Crippen LogP) is 6.06. The van der Waals surface area contributed by atoms with Crippen LogP contribution in [0.2, 0.25) is 0 Å². The van der Waals surface area contributed by atoms with Crippen molar-refractivity contribution in [3.8, 4) is 11.6 Å². The number of aromatic nitrogens is 2. The van der Waals surface area contributed by atoms with Gasteiger partial charge >= 0.3 is 0 Å². The molecule has 0 atom stereocenters. The monoisotopic (exact) mass is 376 g/mol. The zero-order chi connectivity index (χ0) is 18.6. The van der Waals surface area contributed by atoms with Crippen LogP contribution in [0.3, 0.4) is 0 Å². The third-order valence-electron chi connectivity index (χ3n) is 4.85. The molecule has 1 heterocycles. The number of rotatable bonds is 5. The van der Waals surface area contributed by atoms with Crippen LogP contribution in [0.5, 0.6) is 11.6 Å². The predicted molar refractivity (Wildman–Crippen MR) is 111 cm³/mol. The van der Waals surface area contributed by atoms with E-state index in [9.17, 15) is 0 Å². The van der Waals surface area contributed by atoms with Crippen LogP contribution in [-0.2, 0) is 18.6 Å². The van der Waals surface area contributed by atoms with E-state index in [1.165, 1.54) is 35.1 Å². The molecule has 0 aliphatic heterocycles. The molecule has 3 nitrogen and oxygen atoms in total. The van der Waals surface area contributed by atoms with Crippen LogP contribution in [0.4, 0.5) is 0 Å². The third-order valence-corrected chi connectivity index (χ3v) is 5.77. The number of nitrogens with zero attached hydrogens (tertiary/aromatic N) is 2. The molecule has 0 fully saturated rings. The average Bonchev–Trinajstić information content (AvgIpc) is 2.69. The number of benzene rings is 2. The molecule has 4 rings (SSSR count). The molecular formula is C23H24N2OS. The number of ether oxygens (including phenoxy) is 1. The Kier molecular flexibility index (Phi) is 5.44. The van der Waals surface area contributed by atoms with Gasteiger partial charge in [-0.3, -0.25) is 0 Å². The lowest BCUT2D eigenvalue weighted by molar-refractivity contribution is 0.439. The van der Waals surface area contributed by atoms with Crippen molar-refractivity contribution in [2.24, 2.45) is 0 Å². The fourth-order valence-corrected chi connectivity index (χ4v) is 4.05. The van der Waals surface area contributed by atoms with Crippen molar-refractivity contribution in [1.29, 1.82) is 0 Å². The number of hydrogen-bond donors (Lipinski definition) is 0. The average molecular weight is 377 g/mol. The summed E-state index contributed by atoms with van der Waals surface area (Å²) >= 11 is 1.68. The third kappa shape index (κ3) is 4.51. The molecule has 0 radical (unpaired) electrons. The summed E-state index contributed by atoms with van der Waals surface area (Å²) in [6.45, 7) is 4.19. The van der Waals surface area contributed by atoms with E-state index in [2.05, 4.69) is 50.2 Å². The van der Waals surface area contributed by atoms with Gasteiger partial charge in [0.25, 0.3) is 0 Å². The molecule has 0 amide bonds. The van der Waals surface area contributed by atoms with E-state index in [-0.39, 0.29) is 0 Å². The fraction of sp³-hybridized carbons (Fsp3) is 0.304. The highest BCUT2D eigenvalue weighted by Gasteiger charge is 2.19. The van der Waals surface area contributed by atoms with Gasteiger partial charge in [-0.1, -0.05) is 59.3 Å². The Bertz CT molecular complexity index is 920. The minimum atomic E-state index is 0.731. The highest BCUT2D eigenvalue weighted by molar-refractivity contribution is 7.98. The van der Waals surface area contributed by atoms with Crippen LogP contribution in [0, 0.1) is 13.8 Å². The van der Waals surface area contributed by atoms with Crippen molar-refractivity contribution in [2.45, 2.75) is 50.4 Å². The van der Waals surface area contributed by atoms with Crippen molar-refractivity contribution in [3.05, 3.63) is 76.5 Å². The van der Waals surface area contributed by atoms with E-state index in [0.29, 0.717) is 0 Å². The smallest absolute Gasteiger partial charge is 0.226 e. The Labute approximate surface area is 165 Å². The molecule has 3 aromatic rings. The second-order valence-corrected chi connectivity index (χ2v) is 8.08. The maximum atomic E-state index is 6.18. The molecule has 0 saturated carbocycles. The minimum absolute atomic E-state index is 0.731. The minimum Gasteiger partial charge on any atom is -0.439 e. The van der Waals surface area contributed by atoms with Crippen molar-refractivity contribution < 1.29 is 4.74 Å². The van der Waals surface area contributed by atoms with E-state index in [0.717, 1.165) is 41.1 Å². The summed E-state index contributed by atoms with van der Waals surface area (Å²) in [5, 5.41) is 0.804. The SMILES string of the molecule is Cc1ccc(CSc2nc3c(c(Oc4ccc(C)cc4)n2)CCCC3)cc1. The first kappa shape index (κ1) is 18.1. The molecule has 0 unspecified atom stereocenters. The molecule has 1 aliphatic rings. The molecule has 0 bridgehead atoms. The molecule has 1 aliphatic carbocycles. The second kappa shape index (κ2) is 8.13. The van der Waals surface area contributed by atoms with Crippen LogP contribution in [0.1, 0.15) is 40.8 Å². The second-order valence-electron chi connectivity index (χ2n) is 7.13. The van der Waals surface area contributed by atoms with Gasteiger partial charge in [-0.25, -0.2) is 4.98 Å². The van der Waals surface area contributed by atoms with Crippen molar-refractivity contribution in [2.75, 3.05) is 0 Å².